The minimum atomic E-state index is -0.439. The fourth-order valence-corrected chi connectivity index (χ4v) is 4.77. The Balaban J connectivity index is 1.41. The highest BCUT2D eigenvalue weighted by Gasteiger charge is 2.34. The summed E-state index contributed by atoms with van der Waals surface area (Å²) in [4.78, 5) is 32.0. The number of anilines is 1. The highest BCUT2D eigenvalue weighted by Crippen LogP contribution is 2.36. The molecule has 8 nitrogen and oxygen atoms in total. The molecule has 1 fully saturated rings. The minimum Gasteiger partial charge on any atom is -0.378 e. The Hall–Kier alpha value is -2.23. The van der Waals surface area contributed by atoms with E-state index < -0.39 is 5.92 Å². The Kier molecular flexibility index (Phi) is 6.74. The molecule has 1 saturated heterocycles. The van der Waals surface area contributed by atoms with Gasteiger partial charge in [0.15, 0.2) is 0 Å². The van der Waals surface area contributed by atoms with Crippen molar-refractivity contribution in [3.05, 3.63) is 45.2 Å². The number of carbonyl (C=O) groups excluding carboxylic acids is 2. The van der Waals surface area contributed by atoms with Gasteiger partial charge in [-0.15, -0.1) is 0 Å². The van der Waals surface area contributed by atoms with E-state index in [0.29, 0.717) is 12.4 Å². The second-order valence-electron chi connectivity index (χ2n) is 8.24. The molecule has 2 amide bonds. The van der Waals surface area contributed by atoms with Gasteiger partial charge in [0.25, 0.3) is 0 Å². The predicted molar refractivity (Wildman–Crippen MR) is 124 cm³/mol. The van der Waals surface area contributed by atoms with E-state index in [0.717, 1.165) is 66.0 Å². The monoisotopic (exact) mass is 488 g/mol. The van der Waals surface area contributed by atoms with Crippen molar-refractivity contribution < 1.29 is 9.59 Å². The molecule has 166 valence electrons. The quantitative estimate of drug-likeness (QED) is 0.452. The number of pyridine rings is 1. The van der Waals surface area contributed by atoms with Crippen molar-refractivity contribution in [3.63, 3.8) is 0 Å². The lowest BCUT2D eigenvalue weighted by molar-refractivity contribution is -0.118. The summed E-state index contributed by atoms with van der Waals surface area (Å²) >= 11 is 3.42. The third-order valence-corrected chi connectivity index (χ3v) is 6.51. The van der Waals surface area contributed by atoms with Crippen molar-refractivity contribution in [2.75, 3.05) is 44.6 Å². The van der Waals surface area contributed by atoms with E-state index in [2.05, 4.69) is 47.1 Å². The summed E-state index contributed by atoms with van der Waals surface area (Å²) in [6.45, 7) is 9.77. The number of hydrogen-bond acceptors (Lipinski definition) is 6. The first-order chi connectivity index (χ1) is 14.9. The van der Waals surface area contributed by atoms with Crippen LogP contribution in [0.3, 0.4) is 0 Å². The Labute approximate surface area is 191 Å². The molecule has 4 N–H and O–H groups in total. The van der Waals surface area contributed by atoms with Gasteiger partial charge in [0, 0.05) is 60.2 Å². The van der Waals surface area contributed by atoms with Gasteiger partial charge in [-0.2, -0.15) is 0 Å². The van der Waals surface area contributed by atoms with Gasteiger partial charge >= 0.3 is 0 Å². The van der Waals surface area contributed by atoms with Crippen LogP contribution < -0.4 is 21.3 Å². The second kappa shape index (κ2) is 9.50. The van der Waals surface area contributed by atoms with Crippen LogP contribution in [0.5, 0.6) is 0 Å². The Morgan fingerprint density at radius 1 is 1.39 bits per heavy atom. The number of carbonyl (C=O) groups is 2. The van der Waals surface area contributed by atoms with Crippen LogP contribution in [-0.2, 0) is 9.59 Å². The number of piperazine rings is 1. The molecular weight excluding hydrogens is 460 g/mol. The van der Waals surface area contributed by atoms with Gasteiger partial charge in [0.05, 0.1) is 12.0 Å². The van der Waals surface area contributed by atoms with Gasteiger partial charge < -0.3 is 26.2 Å². The molecule has 4 rings (SSSR count). The van der Waals surface area contributed by atoms with Gasteiger partial charge in [-0.3, -0.25) is 9.59 Å². The van der Waals surface area contributed by atoms with Crippen molar-refractivity contribution in [1.29, 1.82) is 0 Å². The van der Waals surface area contributed by atoms with Crippen LogP contribution in [0.25, 0.3) is 0 Å². The van der Waals surface area contributed by atoms with Crippen LogP contribution in [0.2, 0.25) is 0 Å². The molecule has 31 heavy (non-hydrogen) atoms. The molecule has 3 aliphatic heterocycles. The maximum Gasteiger partial charge on any atom is 0.249 e. The zero-order chi connectivity index (χ0) is 22.0. The third kappa shape index (κ3) is 4.83. The highest BCUT2D eigenvalue weighted by molar-refractivity contribution is 9.10. The number of amides is 2. The molecule has 2 atom stereocenters. The lowest BCUT2D eigenvalue weighted by atomic mass is 9.99. The molecule has 0 aromatic carbocycles. The van der Waals surface area contributed by atoms with E-state index in [1.54, 1.807) is 6.20 Å². The molecule has 3 aliphatic rings. The number of rotatable bonds is 6. The number of nitrogens with one attached hydrogen (secondary N) is 4. The maximum atomic E-state index is 12.9. The van der Waals surface area contributed by atoms with Crippen molar-refractivity contribution >= 4 is 33.6 Å². The van der Waals surface area contributed by atoms with E-state index >= 15 is 0 Å². The number of fused-ring (bicyclic) bond motifs is 1. The van der Waals surface area contributed by atoms with Crippen LogP contribution in [0.1, 0.15) is 31.7 Å². The van der Waals surface area contributed by atoms with Gasteiger partial charge in [0.2, 0.25) is 11.8 Å². The third-order valence-electron chi connectivity index (χ3n) is 6.08. The largest absolute Gasteiger partial charge is 0.378 e. The first kappa shape index (κ1) is 22.0. The Bertz CT molecular complexity index is 938. The van der Waals surface area contributed by atoms with Crippen molar-refractivity contribution in [2.24, 2.45) is 0 Å². The van der Waals surface area contributed by atoms with Crippen molar-refractivity contribution in [2.45, 2.75) is 32.2 Å². The first-order valence-electron chi connectivity index (χ1n) is 10.8. The smallest absolute Gasteiger partial charge is 0.249 e. The summed E-state index contributed by atoms with van der Waals surface area (Å²) in [6.07, 6.45) is 4.50. The number of nitrogens with zero attached hydrogens (tertiary/aromatic N) is 2. The number of allylic oxidation sites excluding steroid dienone is 1. The van der Waals surface area contributed by atoms with E-state index in [9.17, 15) is 9.59 Å². The number of halogens is 1. The van der Waals surface area contributed by atoms with Gasteiger partial charge in [-0.1, -0.05) is 0 Å². The average Bonchev–Trinajstić information content (AvgIpc) is 3.21. The van der Waals surface area contributed by atoms with Crippen LogP contribution in [0, 0.1) is 0 Å². The highest BCUT2D eigenvalue weighted by atomic mass is 79.9. The standard InChI is InChI=1S/C22H29BrN6O2/c1-13-18(11-17-16-10-15(23)12-26-20(16)28-21(17)30)27-14(2)19(13)22(31)25-4-3-7-29-8-5-24-6-9-29/h10-12,14,17,24,27H,3-9H2,1-2H3,(H,25,31)(H,26,28,30)/b18-11-. The van der Waals surface area contributed by atoms with Gasteiger partial charge in [-0.25, -0.2) is 4.98 Å². The topological polar surface area (TPSA) is 98.4 Å². The SMILES string of the molecule is CC1=C(C(=O)NCCCN2CCNCC2)C(C)N/C1=C\C1C(=O)Nc2ncc(Br)cc21. The molecule has 1 aromatic rings. The fourth-order valence-electron chi connectivity index (χ4n) is 4.42. The first-order valence-corrected chi connectivity index (χ1v) is 11.6. The second-order valence-corrected chi connectivity index (χ2v) is 9.16. The molecule has 0 saturated carbocycles. The zero-order valence-corrected chi connectivity index (χ0v) is 19.5. The van der Waals surface area contributed by atoms with Crippen LogP contribution in [-0.4, -0.2) is 67.0 Å². The summed E-state index contributed by atoms with van der Waals surface area (Å²) in [5.74, 6) is -0.000613. The summed E-state index contributed by atoms with van der Waals surface area (Å²) in [5, 5.41) is 12.6. The number of hydrogen-bond donors (Lipinski definition) is 4. The molecule has 0 spiro atoms. The molecule has 9 heteroatoms. The van der Waals surface area contributed by atoms with Crippen molar-refractivity contribution in [1.82, 2.24) is 25.8 Å². The maximum absolute atomic E-state index is 12.9. The van der Waals surface area contributed by atoms with Crippen molar-refractivity contribution in [3.8, 4) is 0 Å². The Morgan fingerprint density at radius 3 is 2.94 bits per heavy atom. The van der Waals surface area contributed by atoms with E-state index in [1.165, 1.54) is 0 Å². The summed E-state index contributed by atoms with van der Waals surface area (Å²) in [5.41, 5.74) is 3.28. The summed E-state index contributed by atoms with van der Waals surface area (Å²) in [6, 6.07) is 1.80. The molecule has 0 radical (unpaired) electrons. The van der Waals surface area contributed by atoms with Crippen LogP contribution in [0.15, 0.2) is 39.7 Å². The minimum absolute atomic E-state index is 0.0399. The van der Waals surface area contributed by atoms with E-state index in [4.69, 9.17) is 0 Å². The molecule has 0 aliphatic carbocycles. The molecule has 1 aromatic heterocycles. The lowest BCUT2D eigenvalue weighted by Crippen LogP contribution is -2.44. The van der Waals surface area contributed by atoms with E-state index in [1.807, 2.05) is 26.0 Å². The number of aromatic nitrogens is 1. The summed E-state index contributed by atoms with van der Waals surface area (Å²) < 4.78 is 0.826. The fraction of sp³-hybridized carbons (Fsp3) is 0.500. The molecule has 2 unspecified atom stereocenters. The average molecular weight is 489 g/mol. The van der Waals surface area contributed by atoms with Gasteiger partial charge in [-0.05, 0) is 60.5 Å². The zero-order valence-electron chi connectivity index (χ0n) is 17.9. The van der Waals surface area contributed by atoms with Crippen LogP contribution >= 0.6 is 15.9 Å². The van der Waals surface area contributed by atoms with Crippen LogP contribution in [0.4, 0.5) is 5.82 Å². The van der Waals surface area contributed by atoms with Gasteiger partial charge in [0.1, 0.15) is 5.82 Å². The molecular formula is C22H29BrN6O2. The Morgan fingerprint density at radius 2 is 2.16 bits per heavy atom. The predicted octanol–water partition coefficient (Wildman–Crippen LogP) is 1.48. The molecule has 0 bridgehead atoms. The summed E-state index contributed by atoms with van der Waals surface area (Å²) in [7, 11) is 0. The van der Waals surface area contributed by atoms with E-state index in [-0.39, 0.29) is 17.9 Å². The normalized spacial score (nSPS) is 24.9. The molecule has 4 heterocycles. The lowest BCUT2D eigenvalue weighted by Gasteiger charge is -2.27.